The zero-order chi connectivity index (χ0) is 43.9. The quantitative estimate of drug-likeness (QED) is 0.146. The highest BCUT2D eigenvalue weighted by Crippen LogP contribution is 2.29. The molecule has 3 amide bonds. The van der Waals surface area contributed by atoms with E-state index < -0.39 is 59.8 Å². The number of rotatable bonds is 12. The van der Waals surface area contributed by atoms with Crippen molar-refractivity contribution in [2.45, 2.75) is 97.8 Å². The third-order valence-corrected chi connectivity index (χ3v) is 10.7. The highest BCUT2D eigenvalue weighted by Gasteiger charge is 2.34. The molecule has 0 radical (unpaired) electrons. The molecule has 0 aromatic heterocycles. The lowest BCUT2D eigenvalue weighted by molar-refractivity contribution is -0.120. The van der Waals surface area contributed by atoms with Gasteiger partial charge in [0.25, 0.3) is 11.8 Å². The van der Waals surface area contributed by atoms with E-state index in [0.717, 1.165) is 37.6 Å². The van der Waals surface area contributed by atoms with Crippen LogP contribution >= 0.6 is 0 Å². The molecule has 13 heteroatoms. The molecule has 60 heavy (non-hydrogen) atoms. The molecule has 6 atom stereocenters. The van der Waals surface area contributed by atoms with Crippen molar-refractivity contribution >= 4 is 29.5 Å². The molecule has 0 saturated heterocycles. The molecule has 322 valence electrons. The van der Waals surface area contributed by atoms with E-state index in [1.54, 1.807) is 38.1 Å². The molecule has 0 unspecified atom stereocenters. The highest BCUT2D eigenvalue weighted by atomic mass is 16.6. The second-order valence-electron chi connectivity index (χ2n) is 15.6. The fourth-order valence-corrected chi connectivity index (χ4v) is 7.36. The number of fused-ring (bicyclic) bond motifs is 2. The smallest absolute Gasteiger partial charge is 0.405 e. The van der Waals surface area contributed by atoms with Crippen molar-refractivity contribution in [2.24, 2.45) is 17.6 Å². The topological polar surface area (TPSA) is 187 Å². The van der Waals surface area contributed by atoms with Crippen molar-refractivity contribution in [2.75, 3.05) is 20.8 Å². The summed E-state index contributed by atoms with van der Waals surface area (Å²) in [6, 6.07) is 17.4. The number of unbranched alkanes of at least 4 members (excludes halogenated alkanes) is 1. The maximum Gasteiger partial charge on any atom is 0.405 e. The third kappa shape index (κ3) is 13.3. The second kappa shape index (κ2) is 22.8. The van der Waals surface area contributed by atoms with E-state index in [-0.39, 0.29) is 41.3 Å². The number of aliphatic hydroxyl groups is 1. The van der Waals surface area contributed by atoms with Crippen LogP contribution in [0.5, 0.6) is 0 Å². The van der Waals surface area contributed by atoms with Gasteiger partial charge in [0.1, 0.15) is 6.10 Å². The molecule has 2 aromatic carbocycles. The van der Waals surface area contributed by atoms with Crippen LogP contribution in [0.3, 0.4) is 0 Å². The first-order valence-corrected chi connectivity index (χ1v) is 20.4. The fraction of sp³-hybridized carbons (Fsp3) is 0.426. The van der Waals surface area contributed by atoms with E-state index in [2.05, 4.69) is 34.6 Å². The van der Waals surface area contributed by atoms with Gasteiger partial charge in [0.05, 0.1) is 23.6 Å². The van der Waals surface area contributed by atoms with Crippen LogP contribution in [0.1, 0.15) is 81.8 Å². The number of ketones is 2. The normalized spacial score (nSPS) is 25.7. The van der Waals surface area contributed by atoms with Crippen molar-refractivity contribution in [3.8, 4) is 0 Å². The predicted molar refractivity (Wildman–Crippen MR) is 229 cm³/mol. The van der Waals surface area contributed by atoms with Crippen LogP contribution in [-0.2, 0) is 41.7 Å². The molecule has 2 aliphatic rings. The van der Waals surface area contributed by atoms with Crippen LogP contribution in [0.25, 0.3) is 0 Å². The van der Waals surface area contributed by atoms with Crippen LogP contribution < -0.4 is 16.4 Å². The van der Waals surface area contributed by atoms with Crippen LogP contribution in [0.2, 0.25) is 0 Å². The molecule has 13 nitrogen and oxygen atoms in total. The Morgan fingerprint density at radius 2 is 1.63 bits per heavy atom. The summed E-state index contributed by atoms with van der Waals surface area (Å²) in [6.45, 7) is 11.4. The van der Waals surface area contributed by atoms with Gasteiger partial charge in [-0.15, -0.1) is 0 Å². The molecule has 1 heterocycles. The molecule has 0 spiro atoms. The van der Waals surface area contributed by atoms with Gasteiger partial charge in [-0.2, -0.15) is 0 Å². The lowest BCUT2D eigenvalue weighted by Crippen LogP contribution is -2.38. The first kappa shape index (κ1) is 47.2. The Balaban J connectivity index is 1.65. The lowest BCUT2D eigenvalue weighted by atomic mass is 9.85. The minimum absolute atomic E-state index is 0.0127. The number of aliphatic hydroxyl groups excluding tert-OH is 1. The maximum atomic E-state index is 14.2. The Morgan fingerprint density at radius 1 is 0.967 bits per heavy atom. The Labute approximate surface area is 353 Å². The second-order valence-corrected chi connectivity index (χ2v) is 15.6. The van der Waals surface area contributed by atoms with Gasteiger partial charge in [0, 0.05) is 56.0 Å². The van der Waals surface area contributed by atoms with E-state index in [0.29, 0.717) is 17.7 Å². The Hall–Kier alpha value is -5.47. The van der Waals surface area contributed by atoms with Crippen LogP contribution in [0.15, 0.2) is 113 Å². The Kier molecular flexibility index (Phi) is 17.9. The summed E-state index contributed by atoms with van der Waals surface area (Å²) < 4.78 is 16.8. The summed E-state index contributed by atoms with van der Waals surface area (Å²) in [6.07, 6.45) is 5.14. The number of hydrogen-bond donors (Lipinski definition) is 4. The number of methoxy groups -OCH3 is 2. The van der Waals surface area contributed by atoms with Crippen molar-refractivity contribution in [3.63, 3.8) is 0 Å². The van der Waals surface area contributed by atoms with Gasteiger partial charge in [-0.05, 0) is 74.4 Å². The average molecular weight is 825 g/mol. The highest BCUT2D eigenvalue weighted by molar-refractivity contribution is 6.24. The number of benzene rings is 2. The van der Waals surface area contributed by atoms with Crippen molar-refractivity contribution in [1.29, 1.82) is 0 Å². The number of ether oxygens (including phenoxy) is 3. The number of allylic oxidation sites excluding steroid dienone is 4. The van der Waals surface area contributed by atoms with Crippen molar-refractivity contribution in [3.05, 3.63) is 130 Å². The number of carbonyl (C=O) groups is 5. The minimum atomic E-state index is -1.04. The van der Waals surface area contributed by atoms with E-state index in [4.69, 9.17) is 19.9 Å². The monoisotopic (exact) mass is 824 g/mol. The van der Waals surface area contributed by atoms with E-state index >= 15 is 0 Å². The number of Topliss-reactive ketones (excluding diaryl/α,β-unsaturated/α-hetero) is 1. The number of primary amides is 1. The number of hydrogen-bond acceptors (Lipinski definition) is 10. The number of carbonyl (C=O) groups excluding carboxylic acids is 5. The molecule has 1 aliphatic heterocycles. The largest absolute Gasteiger partial charge is 0.439 e. The lowest BCUT2D eigenvalue weighted by Gasteiger charge is -2.30. The molecule has 2 bridgehead atoms. The summed E-state index contributed by atoms with van der Waals surface area (Å²) in [7, 11) is 2.89. The first-order valence-electron chi connectivity index (χ1n) is 20.4. The van der Waals surface area contributed by atoms with Crippen molar-refractivity contribution in [1.82, 2.24) is 15.5 Å². The minimum Gasteiger partial charge on any atom is -0.439 e. The number of nitrogens with one attached hydrogen (secondary N) is 2. The van der Waals surface area contributed by atoms with Gasteiger partial charge in [0.15, 0.2) is 6.10 Å². The molecule has 1 aliphatic carbocycles. The van der Waals surface area contributed by atoms with Crippen molar-refractivity contribution < 1.29 is 43.3 Å². The fourth-order valence-electron chi connectivity index (χ4n) is 7.36. The van der Waals surface area contributed by atoms with E-state index in [1.165, 1.54) is 38.9 Å². The summed E-state index contributed by atoms with van der Waals surface area (Å²) in [4.78, 5) is 69.3. The van der Waals surface area contributed by atoms with Crippen LogP contribution in [-0.4, -0.2) is 84.7 Å². The van der Waals surface area contributed by atoms with Crippen LogP contribution in [0, 0.1) is 11.8 Å². The third-order valence-electron chi connectivity index (χ3n) is 10.7. The predicted octanol–water partition coefficient (Wildman–Crippen LogP) is 5.99. The molecule has 4 rings (SSSR count). The molecule has 0 saturated carbocycles. The molecule has 0 fully saturated rings. The SMILES string of the molecule is CCCCN(Cc1ccccc1)Cc1ccc(C(=O)NC2=C3C[C@@H](C)C[C@H](OC)[C@H](O)[C@@H](C)/C=C(\C)[C@@H](OC(N)=O)[C@@H](OC)/C=C\C=C(/C)C(=O)NC(=CC2=O)C3=O)cc1. The van der Waals surface area contributed by atoms with E-state index in [9.17, 15) is 29.1 Å². The van der Waals surface area contributed by atoms with Gasteiger partial charge in [0.2, 0.25) is 11.6 Å². The summed E-state index contributed by atoms with van der Waals surface area (Å²) >= 11 is 0. The average Bonchev–Trinajstić information content (AvgIpc) is 3.22. The zero-order valence-electron chi connectivity index (χ0n) is 35.7. The molecule has 2 aromatic rings. The molecular formula is C47H60N4O9. The molecular weight excluding hydrogens is 765 g/mol. The number of amides is 3. The Morgan fingerprint density at radius 3 is 2.25 bits per heavy atom. The van der Waals surface area contributed by atoms with Crippen LogP contribution in [0.4, 0.5) is 4.79 Å². The first-order chi connectivity index (χ1) is 28.6. The zero-order valence-corrected chi connectivity index (χ0v) is 35.7. The maximum absolute atomic E-state index is 14.2. The van der Waals surface area contributed by atoms with E-state index in [1.807, 2.05) is 37.3 Å². The van der Waals surface area contributed by atoms with Gasteiger partial charge in [-0.1, -0.05) is 94.0 Å². The number of nitrogens with zero attached hydrogens (tertiary/aromatic N) is 1. The number of nitrogens with two attached hydrogens (primary N) is 1. The van der Waals surface area contributed by atoms with Gasteiger partial charge in [-0.25, -0.2) is 4.79 Å². The van der Waals surface area contributed by atoms with Gasteiger partial charge >= 0.3 is 6.09 Å². The summed E-state index contributed by atoms with van der Waals surface area (Å²) in [5.74, 6) is -3.37. The van der Waals surface area contributed by atoms with Gasteiger partial charge in [-0.3, -0.25) is 24.1 Å². The van der Waals surface area contributed by atoms with Gasteiger partial charge < -0.3 is 35.7 Å². The standard InChI is InChI=1S/C47H60N4O9/c1-8-9-22-51(27-33-15-11-10-12-16-33)28-34-18-20-35(21-19-34)46(56)50-41-36-23-29(2)24-40(59-7)42(53)31(4)25-32(5)44(60-47(48)57)39(58-6)17-13-14-30(3)45(55)49-37(43(36)54)26-38(41)52/h10-21,25-26,29,31,39-40,42,44,53H,8-9,22-24,27-28H2,1-7H3,(H2,48,57)(H,49,55)(H,50,56)/b17-13-,30-14+,32-25+/t29-,31+,39+,40+,42-,44-/m1/s1. The summed E-state index contributed by atoms with van der Waals surface area (Å²) in [5, 5.41) is 16.8. The molecule has 5 N–H and O–H groups in total. The Bertz CT molecular complexity index is 2000. The summed E-state index contributed by atoms with van der Waals surface area (Å²) in [5.41, 5.74) is 8.28.